The number of methoxy groups -OCH3 is 1. The predicted molar refractivity (Wildman–Crippen MR) is 78.7 cm³/mol. The summed E-state index contributed by atoms with van der Waals surface area (Å²) in [6.45, 7) is 1.55. The number of hydrogen-bond donors (Lipinski definition) is 1. The summed E-state index contributed by atoms with van der Waals surface area (Å²) < 4.78 is 5.12. The van der Waals surface area contributed by atoms with Gasteiger partial charge >= 0.3 is 0 Å². The van der Waals surface area contributed by atoms with E-state index in [2.05, 4.69) is 23.5 Å². The van der Waals surface area contributed by atoms with Crippen molar-refractivity contribution in [1.82, 2.24) is 0 Å². The van der Waals surface area contributed by atoms with E-state index >= 15 is 0 Å². The summed E-state index contributed by atoms with van der Waals surface area (Å²) in [6, 6.07) is 10.3. The molecule has 18 heavy (non-hydrogen) atoms. The molecule has 0 saturated heterocycles. The van der Waals surface area contributed by atoms with Gasteiger partial charge in [-0.15, -0.1) is 11.3 Å². The second kappa shape index (κ2) is 6.78. The summed E-state index contributed by atoms with van der Waals surface area (Å²) in [4.78, 5) is 1.24. The van der Waals surface area contributed by atoms with Gasteiger partial charge in [0.25, 0.3) is 0 Å². The van der Waals surface area contributed by atoms with Gasteiger partial charge in [0, 0.05) is 29.6 Å². The van der Waals surface area contributed by atoms with Gasteiger partial charge in [-0.2, -0.15) is 0 Å². The normalized spacial score (nSPS) is 10.6. The quantitative estimate of drug-likeness (QED) is 0.857. The van der Waals surface area contributed by atoms with Crippen molar-refractivity contribution in [3.63, 3.8) is 0 Å². The molecule has 2 aromatic rings. The first-order chi connectivity index (χ1) is 8.79. The minimum Gasteiger partial charge on any atom is -0.384 e. The molecule has 0 aliphatic rings. The lowest BCUT2D eigenvalue weighted by Crippen LogP contribution is -2.03. The third kappa shape index (κ3) is 3.73. The Balaban J connectivity index is 1.99. The van der Waals surface area contributed by atoms with E-state index in [1.54, 1.807) is 18.4 Å². The molecule has 0 aliphatic heterocycles. The summed E-state index contributed by atoms with van der Waals surface area (Å²) in [6.07, 6.45) is 0.921. The Morgan fingerprint density at radius 3 is 2.89 bits per heavy atom. The molecule has 0 aliphatic carbocycles. The SMILES string of the molecule is COCCc1ccccc1NCc1cc(Cl)cs1. The van der Waals surface area contributed by atoms with Crippen molar-refractivity contribution < 1.29 is 4.74 Å². The molecule has 0 radical (unpaired) electrons. The van der Waals surface area contributed by atoms with Crippen molar-refractivity contribution in [2.75, 3.05) is 19.0 Å². The van der Waals surface area contributed by atoms with Gasteiger partial charge in [-0.25, -0.2) is 0 Å². The Hall–Kier alpha value is -1.03. The predicted octanol–water partition coefficient (Wildman–Crippen LogP) is 4.20. The van der Waals surface area contributed by atoms with E-state index < -0.39 is 0 Å². The largest absolute Gasteiger partial charge is 0.384 e. The van der Waals surface area contributed by atoms with E-state index in [4.69, 9.17) is 16.3 Å². The Morgan fingerprint density at radius 2 is 2.17 bits per heavy atom. The average molecular weight is 282 g/mol. The highest BCUT2D eigenvalue weighted by atomic mass is 35.5. The van der Waals surface area contributed by atoms with E-state index in [0.29, 0.717) is 0 Å². The summed E-state index contributed by atoms with van der Waals surface area (Å²) in [5.74, 6) is 0. The molecule has 0 fully saturated rings. The average Bonchev–Trinajstić information content (AvgIpc) is 2.81. The lowest BCUT2D eigenvalue weighted by molar-refractivity contribution is 0.202. The minimum absolute atomic E-state index is 0.740. The molecule has 1 aromatic carbocycles. The van der Waals surface area contributed by atoms with Crippen molar-refractivity contribution in [3.05, 3.63) is 51.2 Å². The van der Waals surface area contributed by atoms with E-state index in [0.717, 1.165) is 24.6 Å². The van der Waals surface area contributed by atoms with Crippen LogP contribution in [0.15, 0.2) is 35.7 Å². The van der Waals surface area contributed by atoms with E-state index in [-0.39, 0.29) is 0 Å². The Morgan fingerprint density at radius 1 is 1.33 bits per heavy atom. The van der Waals surface area contributed by atoms with Gasteiger partial charge in [-0.3, -0.25) is 0 Å². The number of hydrogen-bond acceptors (Lipinski definition) is 3. The van der Waals surface area contributed by atoms with Crippen LogP contribution in [-0.2, 0) is 17.7 Å². The van der Waals surface area contributed by atoms with Crippen LogP contribution in [0.25, 0.3) is 0 Å². The molecule has 0 atom stereocenters. The maximum absolute atomic E-state index is 5.91. The third-order valence-corrected chi connectivity index (χ3v) is 3.95. The molecular formula is C14H16ClNOS. The van der Waals surface area contributed by atoms with Gasteiger partial charge in [0.05, 0.1) is 11.6 Å². The lowest BCUT2D eigenvalue weighted by atomic mass is 10.1. The molecule has 1 heterocycles. The summed E-state index contributed by atoms with van der Waals surface area (Å²) >= 11 is 7.58. The zero-order chi connectivity index (χ0) is 12.8. The molecular weight excluding hydrogens is 266 g/mol. The van der Waals surface area contributed by atoms with Gasteiger partial charge in [0.15, 0.2) is 0 Å². The maximum atomic E-state index is 5.91. The first-order valence-electron chi connectivity index (χ1n) is 5.83. The molecule has 96 valence electrons. The number of ether oxygens (including phenoxy) is 1. The van der Waals surface area contributed by atoms with Crippen LogP contribution in [0.3, 0.4) is 0 Å². The highest BCUT2D eigenvalue weighted by Gasteiger charge is 2.02. The van der Waals surface area contributed by atoms with Crippen LogP contribution in [-0.4, -0.2) is 13.7 Å². The van der Waals surface area contributed by atoms with Crippen LogP contribution in [0.1, 0.15) is 10.4 Å². The van der Waals surface area contributed by atoms with Gasteiger partial charge in [0.2, 0.25) is 0 Å². The van der Waals surface area contributed by atoms with E-state index in [1.807, 2.05) is 17.5 Å². The van der Waals surface area contributed by atoms with Crippen molar-refractivity contribution in [1.29, 1.82) is 0 Å². The summed E-state index contributed by atoms with van der Waals surface area (Å²) in [5, 5.41) is 6.21. The molecule has 1 aromatic heterocycles. The van der Waals surface area contributed by atoms with Crippen molar-refractivity contribution in [2.24, 2.45) is 0 Å². The van der Waals surface area contributed by atoms with Crippen LogP contribution in [0.5, 0.6) is 0 Å². The maximum Gasteiger partial charge on any atom is 0.0516 e. The zero-order valence-electron chi connectivity index (χ0n) is 10.3. The number of anilines is 1. The molecule has 0 unspecified atom stereocenters. The van der Waals surface area contributed by atoms with Gasteiger partial charge in [-0.05, 0) is 24.1 Å². The number of rotatable bonds is 6. The fourth-order valence-corrected chi connectivity index (χ4v) is 2.76. The molecule has 2 rings (SSSR count). The standard InChI is InChI=1S/C14H16ClNOS/c1-17-7-6-11-4-2-3-5-14(11)16-9-13-8-12(15)10-18-13/h2-5,8,10,16H,6-7,9H2,1H3. The Bertz CT molecular complexity index is 498. The fourth-order valence-electron chi connectivity index (χ4n) is 1.75. The van der Waals surface area contributed by atoms with E-state index in [9.17, 15) is 0 Å². The van der Waals surface area contributed by atoms with Crippen LogP contribution in [0.4, 0.5) is 5.69 Å². The third-order valence-electron chi connectivity index (χ3n) is 2.67. The number of halogens is 1. The smallest absolute Gasteiger partial charge is 0.0516 e. The van der Waals surface area contributed by atoms with Crippen molar-refractivity contribution in [3.8, 4) is 0 Å². The summed E-state index contributed by atoms with van der Waals surface area (Å²) in [5.41, 5.74) is 2.45. The first kappa shape index (κ1) is 13.4. The number of thiophene rings is 1. The van der Waals surface area contributed by atoms with Gasteiger partial charge in [-0.1, -0.05) is 29.8 Å². The molecule has 4 heteroatoms. The van der Waals surface area contributed by atoms with Crippen LogP contribution in [0.2, 0.25) is 5.02 Å². The highest BCUT2D eigenvalue weighted by Crippen LogP contribution is 2.22. The molecule has 0 amide bonds. The van der Waals surface area contributed by atoms with Crippen LogP contribution < -0.4 is 5.32 Å². The fraction of sp³-hybridized carbons (Fsp3) is 0.286. The number of benzene rings is 1. The summed E-state index contributed by atoms with van der Waals surface area (Å²) in [7, 11) is 1.73. The Labute approximate surface area is 117 Å². The Kier molecular flexibility index (Phi) is 5.05. The highest BCUT2D eigenvalue weighted by molar-refractivity contribution is 7.10. The second-order valence-electron chi connectivity index (χ2n) is 3.98. The molecule has 2 nitrogen and oxygen atoms in total. The molecule has 0 spiro atoms. The minimum atomic E-state index is 0.740. The zero-order valence-corrected chi connectivity index (χ0v) is 11.9. The van der Waals surface area contributed by atoms with Gasteiger partial charge in [0.1, 0.15) is 0 Å². The monoisotopic (exact) mass is 281 g/mol. The lowest BCUT2D eigenvalue weighted by Gasteiger charge is -2.10. The van der Waals surface area contributed by atoms with Crippen LogP contribution >= 0.6 is 22.9 Å². The van der Waals surface area contributed by atoms with E-state index in [1.165, 1.54) is 16.1 Å². The number of para-hydroxylation sites is 1. The van der Waals surface area contributed by atoms with Crippen LogP contribution in [0, 0.1) is 0 Å². The molecule has 0 saturated carbocycles. The second-order valence-corrected chi connectivity index (χ2v) is 5.42. The first-order valence-corrected chi connectivity index (χ1v) is 7.09. The molecule has 0 bridgehead atoms. The van der Waals surface area contributed by atoms with Crippen molar-refractivity contribution in [2.45, 2.75) is 13.0 Å². The molecule has 1 N–H and O–H groups in total. The number of nitrogens with one attached hydrogen (secondary N) is 1. The topological polar surface area (TPSA) is 21.3 Å². The van der Waals surface area contributed by atoms with Crippen molar-refractivity contribution >= 4 is 28.6 Å². The van der Waals surface area contributed by atoms with Gasteiger partial charge < -0.3 is 10.1 Å².